The second-order valence-electron chi connectivity index (χ2n) is 7.78. The van der Waals surface area contributed by atoms with Crippen LogP contribution in [0.4, 0.5) is 5.69 Å². The van der Waals surface area contributed by atoms with Gasteiger partial charge < -0.3 is 15.4 Å². The minimum Gasteiger partial charge on any atom is -0.455 e. The molecule has 0 aromatic heterocycles. The molecule has 1 heterocycles. The van der Waals surface area contributed by atoms with Crippen LogP contribution in [0, 0.1) is 11.3 Å². The van der Waals surface area contributed by atoms with E-state index in [-0.39, 0.29) is 0 Å². The molecule has 5 heteroatoms. The normalized spacial score (nSPS) is 19.1. The van der Waals surface area contributed by atoms with E-state index >= 15 is 0 Å². The smallest absolute Gasteiger partial charge is 0.145 e. The average molecular weight is 386 g/mol. The Labute approximate surface area is 172 Å². The molecule has 2 aliphatic rings. The second-order valence-corrected chi connectivity index (χ2v) is 7.78. The third-order valence-electron chi connectivity index (χ3n) is 5.77. The van der Waals surface area contributed by atoms with Crippen LogP contribution in [-0.4, -0.2) is 25.3 Å². The SMILES string of the molecule is CC1CCc2c(ccc(C(C=NC3CC3)=CN)c2Oc2ccccc2C#N)N1C. The Morgan fingerprint density at radius 1 is 1.24 bits per heavy atom. The Hall–Kier alpha value is -3.26. The molecule has 1 fully saturated rings. The number of para-hydroxylation sites is 1. The van der Waals surface area contributed by atoms with Crippen molar-refractivity contribution in [3.05, 3.63) is 59.3 Å². The number of aliphatic imine (C=N–C) groups is 1. The lowest BCUT2D eigenvalue weighted by Crippen LogP contribution is -2.33. The summed E-state index contributed by atoms with van der Waals surface area (Å²) >= 11 is 0. The summed E-state index contributed by atoms with van der Waals surface area (Å²) < 4.78 is 6.41. The maximum absolute atomic E-state index is 9.50. The lowest BCUT2D eigenvalue weighted by Gasteiger charge is -2.35. The fourth-order valence-electron chi connectivity index (χ4n) is 3.69. The summed E-state index contributed by atoms with van der Waals surface area (Å²) in [7, 11) is 2.11. The molecule has 2 N–H and O–H groups in total. The van der Waals surface area contributed by atoms with E-state index in [0.717, 1.165) is 53.8 Å². The third-order valence-corrected chi connectivity index (χ3v) is 5.77. The molecule has 0 amide bonds. The lowest BCUT2D eigenvalue weighted by molar-refractivity contribution is 0.466. The molecule has 0 spiro atoms. The number of rotatable bonds is 5. The van der Waals surface area contributed by atoms with Crippen molar-refractivity contribution in [1.82, 2.24) is 0 Å². The van der Waals surface area contributed by atoms with E-state index in [2.05, 4.69) is 42.1 Å². The van der Waals surface area contributed by atoms with E-state index in [1.165, 1.54) is 0 Å². The number of nitrogens with zero attached hydrogens (tertiary/aromatic N) is 3. The Balaban J connectivity index is 1.84. The van der Waals surface area contributed by atoms with Crippen molar-refractivity contribution in [2.24, 2.45) is 10.7 Å². The zero-order valence-electron chi connectivity index (χ0n) is 16.9. The first-order valence-corrected chi connectivity index (χ1v) is 10.1. The maximum atomic E-state index is 9.50. The monoisotopic (exact) mass is 386 g/mol. The zero-order valence-corrected chi connectivity index (χ0v) is 16.9. The highest BCUT2D eigenvalue weighted by molar-refractivity contribution is 6.11. The summed E-state index contributed by atoms with van der Waals surface area (Å²) in [5.41, 5.74) is 10.6. The number of benzene rings is 2. The van der Waals surface area contributed by atoms with Gasteiger partial charge in [0, 0.05) is 47.9 Å². The largest absolute Gasteiger partial charge is 0.455 e. The summed E-state index contributed by atoms with van der Waals surface area (Å²) in [5, 5.41) is 9.50. The number of hydrogen-bond donors (Lipinski definition) is 1. The van der Waals surface area contributed by atoms with E-state index in [1.807, 2.05) is 24.4 Å². The van der Waals surface area contributed by atoms with Gasteiger partial charge in [-0.2, -0.15) is 5.26 Å². The molecule has 1 atom stereocenters. The van der Waals surface area contributed by atoms with E-state index in [4.69, 9.17) is 10.5 Å². The van der Waals surface area contributed by atoms with E-state index in [1.54, 1.807) is 12.3 Å². The second kappa shape index (κ2) is 8.00. The van der Waals surface area contributed by atoms with Gasteiger partial charge in [-0.05, 0) is 56.9 Å². The van der Waals surface area contributed by atoms with Crippen LogP contribution >= 0.6 is 0 Å². The van der Waals surface area contributed by atoms with Crippen molar-refractivity contribution in [1.29, 1.82) is 5.26 Å². The van der Waals surface area contributed by atoms with Crippen LogP contribution in [0.25, 0.3) is 5.57 Å². The lowest BCUT2D eigenvalue weighted by atomic mass is 9.92. The minimum absolute atomic E-state index is 0.415. The van der Waals surface area contributed by atoms with Gasteiger partial charge in [0.2, 0.25) is 0 Å². The number of nitriles is 1. The first-order chi connectivity index (χ1) is 14.1. The van der Waals surface area contributed by atoms with Gasteiger partial charge in [-0.3, -0.25) is 4.99 Å². The molecule has 5 nitrogen and oxygen atoms in total. The topological polar surface area (TPSA) is 74.6 Å². The number of nitrogens with two attached hydrogens (primary N) is 1. The molecule has 1 aliphatic heterocycles. The van der Waals surface area contributed by atoms with Gasteiger partial charge >= 0.3 is 0 Å². The summed E-state index contributed by atoms with van der Waals surface area (Å²) in [6.45, 7) is 2.23. The van der Waals surface area contributed by atoms with Gasteiger partial charge in [0.1, 0.15) is 17.6 Å². The van der Waals surface area contributed by atoms with Crippen LogP contribution in [0.3, 0.4) is 0 Å². The van der Waals surface area contributed by atoms with Crippen molar-refractivity contribution in [2.45, 2.75) is 44.7 Å². The van der Waals surface area contributed by atoms with Crippen LogP contribution in [-0.2, 0) is 6.42 Å². The molecule has 0 radical (unpaired) electrons. The fraction of sp³-hybridized carbons (Fsp3) is 0.333. The number of ether oxygens (including phenoxy) is 1. The van der Waals surface area contributed by atoms with Crippen molar-refractivity contribution in [3.8, 4) is 17.6 Å². The zero-order chi connectivity index (χ0) is 20.4. The van der Waals surface area contributed by atoms with Crippen molar-refractivity contribution in [2.75, 3.05) is 11.9 Å². The summed E-state index contributed by atoms with van der Waals surface area (Å²) in [4.78, 5) is 6.90. The molecule has 1 saturated carbocycles. The maximum Gasteiger partial charge on any atom is 0.145 e. The van der Waals surface area contributed by atoms with Gasteiger partial charge in [-0.15, -0.1) is 0 Å². The number of hydrogen-bond acceptors (Lipinski definition) is 5. The summed E-state index contributed by atoms with van der Waals surface area (Å²) in [6.07, 6.45) is 7.68. The number of fused-ring (bicyclic) bond motifs is 1. The standard InChI is InChI=1S/C24H26N4O/c1-16-7-10-21-22(28(16)2)12-11-20(18(14-26)15-27-19-8-9-19)24(21)29-23-6-4-3-5-17(23)13-25/h3-6,11-12,14-16,19H,7-10,26H2,1-2H3. The first-order valence-electron chi connectivity index (χ1n) is 10.1. The van der Waals surface area contributed by atoms with Gasteiger partial charge in [0.15, 0.2) is 0 Å². The molecular weight excluding hydrogens is 360 g/mol. The van der Waals surface area contributed by atoms with Crippen molar-refractivity contribution in [3.63, 3.8) is 0 Å². The molecule has 0 bridgehead atoms. The highest BCUT2D eigenvalue weighted by Gasteiger charge is 2.26. The van der Waals surface area contributed by atoms with Gasteiger partial charge in [0.05, 0.1) is 11.6 Å². The van der Waals surface area contributed by atoms with Gasteiger partial charge in [0.25, 0.3) is 0 Å². The first kappa shape index (κ1) is 19.1. The van der Waals surface area contributed by atoms with Gasteiger partial charge in [-0.25, -0.2) is 0 Å². The molecule has 4 rings (SSSR count). The molecule has 148 valence electrons. The summed E-state index contributed by atoms with van der Waals surface area (Å²) in [6, 6.07) is 14.6. The van der Waals surface area contributed by atoms with Crippen molar-refractivity contribution < 1.29 is 4.74 Å². The van der Waals surface area contributed by atoms with Crippen LogP contribution in [0.1, 0.15) is 42.9 Å². The van der Waals surface area contributed by atoms with E-state index in [0.29, 0.717) is 23.4 Å². The third kappa shape index (κ3) is 3.84. The number of anilines is 1. The van der Waals surface area contributed by atoms with Crippen LogP contribution in [0.5, 0.6) is 11.5 Å². The van der Waals surface area contributed by atoms with Crippen molar-refractivity contribution >= 4 is 17.5 Å². The Kier molecular flexibility index (Phi) is 5.26. The average Bonchev–Trinajstić information content (AvgIpc) is 3.57. The predicted molar refractivity (Wildman–Crippen MR) is 118 cm³/mol. The Morgan fingerprint density at radius 2 is 2.03 bits per heavy atom. The Bertz CT molecular complexity index is 1010. The predicted octanol–water partition coefficient (Wildman–Crippen LogP) is 4.65. The molecule has 2 aromatic rings. The molecule has 1 aliphatic carbocycles. The van der Waals surface area contributed by atoms with E-state index < -0.39 is 0 Å². The fourth-order valence-corrected chi connectivity index (χ4v) is 3.69. The molecule has 1 unspecified atom stereocenters. The molecular formula is C24H26N4O. The van der Waals surface area contributed by atoms with E-state index in [9.17, 15) is 5.26 Å². The molecule has 0 saturated heterocycles. The van der Waals surface area contributed by atoms with Crippen LogP contribution < -0.4 is 15.4 Å². The van der Waals surface area contributed by atoms with Crippen LogP contribution in [0.15, 0.2) is 47.6 Å². The number of allylic oxidation sites excluding steroid dienone is 1. The minimum atomic E-state index is 0.415. The molecule has 2 aromatic carbocycles. The highest BCUT2D eigenvalue weighted by Crippen LogP contribution is 2.42. The summed E-state index contributed by atoms with van der Waals surface area (Å²) in [5.74, 6) is 1.32. The Morgan fingerprint density at radius 3 is 2.76 bits per heavy atom. The quantitative estimate of drug-likeness (QED) is 0.759. The van der Waals surface area contributed by atoms with Crippen LogP contribution in [0.2, 0.25) is 0 Å². The van der Waals surface area contributed by atoms with Gasteiger partial charge in [-0.1, -0.05) is 12.1 Å². The highest BCUT2D eigenvalue weighted by atomic mass is 16.5. The molecule has 29 heavy (non-hydrogen) atoms.